The van der Waals surface area contributed by atoms with Crippen LogP contribution in [0.4, 0.5) is 11.4 Å². The first kappa shape index (κ1) is 23.8. The second-order valence-electron chi connectivity index (χ2n) is 8.68. The number of rotatable bonds is 6. The van der Waals surface area contributed by atoms with Crippen LogP contribution in [0.3, 0.4) is 0 Å². The SMILES string of the molecule is Cc1ccc(N2N[C@H](c3ccco3)C(=NNc3cccc(-c4cccc(C(=O)O)c4)c3O)C2=O)cc1C. The minimum Gasteiger partial charge on any atom is -0.505 e. The summed E-state index contributed by atoms with van der Waals surface area (Å²) in [6.07, 6.45) is 1.52. The third-order valence-corrected chi connectivity index (χ3v) is 6.28. The van der Waals surface area contributed by atoms with Gasteiger partial charge in [-0.1, -0.05) is 30.3 Å². The number of aromatic hydroxyl groups is 1. The van der Waals surface area contributed by atoms with Crippen molar-refractivity contribution in [3.05, 3.63) is 102 Å². The van der Waals surface area contributed by atoms with Crippen molar-refractivity contribution in [2.45, 2.75) is 19.9 Å². The van der Waals surface area contributed by atoms with Crippen LogP contribution in [-0.2, 0) is 4.79 Å². The number of hydrogen-bond acceptors (Lipinski definition) is 7. The Morgan fingerprint density at radius 1 is 1.03 bits per heavy atom. The van der Waals surface area contributed by atoms with Gasteiger partial charge in [0.2, 0.25) is 0 Å². The van der Waals surface area contributed by atoms with Gasteiger partial charge in [-0.25, -0.2) is 15.2 Å². The molecule has 1 aromatic heterocycles. The molecule has 186 valence electrons. The van der Waals surface area contributed by atoms with Crippen molar-refractivity contribution in [1.82, 2.24) is 5.43 Å². The number of hydrazone groups is 1. The maximum absolute atomic E-state index is 13.4. The Bertz CT molecular complexity index is 1530. The highest BCUT2D eigenvalue weighted by Crippen LogP contribution is 2.36. The second-order valence-corrected chi connectivity index (χ2v) is 8.68. The molecule has 2 heterocycles. The van der Waals surface area contributed by atoms with Crippen molar-refractivity contribution in [3.63, 3.8) is 0 Å². The zero-order valence-electron chi connectivity index (χ0n) is 20.1. The average molecular weight is 497 g/mol. The fourth-order valence-electron chi connectivity index (χ4n) is 4.12. The van der Waals surface area contributed by atoms with Crippen molar-refractivity contribution in [2.24, 2.45) is 5.10 Å². The number of hydrazine groups is 1. The van der Waals surface area contributed by atoms with E-state index in [1.807, 2.05) is 32.0 Å². The van der Waals surface area contributed by atoms with Gasteiger partial charge < -0.3 is 14.6 Å². The second kappa shape index (κ2) is 9.63. The van der Waals surface area contributed by atoms with E-state index in [-0.39, 0.29) is 28.6 Å². The lowest BCUT2D eigenvalue weighted by Crippen LogP contribution is -2.35. The smallest absolute Gasteiger partial charge is 0.335 e. The van der Waals surface area contributed by atoms with E-state index in [9.17, 15) is 19.8 Å². The van der Waals surface area contributed by atoms with Crippen LogP contribution in [0.2, 0.25) is 0 Å². The molecule has 9 heteroatoms. The standard InChI is InChI=1S/C28H24N4O5/c1-16-11-12-20(14-17(16)2)32-27(34)25(24(31-32)23-10-5-13-37-23)30-29-22-9-4-8-21(26(22)33)18-6-3-7-19(15-18)28(35)36/h3-15,24,29,31,33H,1-2H3,(H,35,36)/t24-/m1/s1. The molecule has 1 aliphatic rings. The zero-order valence-corrected chi connectivity index (χ0v) is 20.1. The number of carbonyl (C=O) groups excluding carboxylic acids is 1. The van der Waals surface area contributed by atoms with E-state index in [2.05, 4.69) is 16.0 Å². The first-order chi connectivity index (χ1) is 17.8. The molecule has 0 bridgehead atoms. The van der Waals surface area contributed by atoms with E-state index in [1.165, 1.54) is 23.4 Å². The highest BCUT2D eigenvalue weighted by atomic mass is 16.4. The van der Waals surface area contributed by atoms with Crippen molar-refractivity contribution < 1.29 is 24.2 Å². The molecule has 0 saturated carbocycles. The molecule has 5 rings (SSSR count). The van der Waals surface area contributed by atoms with Gasteiger partial charge in [0, 0.05) is 5.56 Å². The largest absolute Gasteiger partial charge is 0.505 e. The summed E-state index contributed by atoms with van der Waals surface area (Å²) in [7, 11) is 0. The summed E-state index contributed by atoms with van der Waals surface area (Å²) in [4.78, 5) is 24.8. The van der Waals surface area contributed by atoms with E-state index in [4.69, 9.17) is 4.42 Å². The fraction of sp³-hybridized carbons (Fsp3) is 0.107. The number of nitrogens with zero attached hydrogens (tertiary/aromatic N) is 2. The highest BCUT2D eigenvalue weighted by Gasteiger charge is 2.40. The van der Waals surface area contributed by atoms with Gasteiger partial charge in [0.15, 0.2) is 5.71 Å². The topological polar surface area (TPSA) is 127 Å². The number of carboxylic acids is 1. The summed E-state index contributed by atoms with van der Waals surface area (Å²) in [5.74, 6) is -1.06. The van der Waals surface area contributed by atoms with Crippen molar-refractivity contribution in [3.8, 4) is 16.9 Å². The van der Waals surface area contributed by atoms with Gasteiger partial charge in [0.05, 0.1) is 23.2 Å². The molecule has 3 aromatic carbocycles. The summed E-state index contributed by atoms with van der Waals surface area (Å²) in [5, 5.41) is 26.0. The van der Waals surface area contributed by atoms with Gasteiger partial charge in [-0.05, 0) is 73.0 Å². The van der Waals surface area contributed by atoms with Gasteiger partial charge >= 0.3 is 5.97 Å². The van der Waals surface area contributed by atoms with E-state index >= 15 is 0 Å². The van der Waals surface area contributed by atoms with Gasteiger partial charge in [-0.15, -0.1) is 0 Å². The Morgan fingerprint density at radius 2 is 1.84 bits per heavy atom. The molecule has 4 aromatic rings. The summed E-state index contributed by atoms with van der Waals surface area (Å²) in [5.41, 5.74) is 10.2. The van der Waals surface area contributed by atoms with Crippen molar-refractivity contribution >= 4 is 29.0 Å². The Balaban J connectivity index is 1.49. The lowest BCUT2D eigenvalue weighted by molar-refractivity contribution is -0.112. The quantitative estimate of drug-likeness (QED) is 0.218. The molecule has 1 amide bonds. The number of aryl methyl sites for hydroxylation is 2. The highest BCUT2D eigenvalue weighted by molar-refractivity contribution is 6.47. The number of amides is 1. The number of para-hydroxylation sites is 1. The van der Waals surface area contributed by atoms with Crippen LogP contribution in [-0.4, -0.2) is 27.8 Å². The Labute approximate surface area is 212 Å². The summed E-state index contributed by atoms with van der Waals surface area (Å²) in [6, 6.07) is 19.8. The molecule has 1 atom stereocenters. The molecular formula is C28H24N4O5. The molecule has 0 unspecified atom stereocenters. The van der Waals surface area contributed by atoms with Crippen molar-refractivity contribution in [1.29, 1.82) is 0 Å². The normalized spacial score (nSPS) is 16.4. The van der Waals surface area contributed by atoms with E-state index < -0.39 is 12.0 Å². The monoisotopic (exact) mass is 496 g/mol. The Hall–Kier alpha value is -4.89. The lowest BCUT2D eigenvalue weighted by atomic mass is 10.0. The number of carbonyl (C=O) groups is 2. The number of hydrogen-bond donors (Lipinski definition) is 4. The number of anilines is 2. The van der Waals surface area contributed by atoms with Crippen LogP contribution in [0.25, 0.3) is 11.1 Å². The number of nitrogens with one attached hydrogen (secondary N) is 2. The Kier molecular flexibility index (Phi) is 6.21. The van der Waals surface area contributed by atoms with Crippen LogP contribution in [0, 0.1) is 13.8 Å². The van der Waals surface area contributed by atoms with E-state index in [0.717, 1.165) is 11.1 Å². The molecule has 9 nitrogen and oxygen atoms in total. The number of benzene rings is 3. The van der Waals surface area contributed by atoms with Gasteiger partial charge in [-0.3, -0.25) is 10.2 Å². The Morgan fingerprint density at radius 3 is 2.57 bits per heavy atom. The predicted octanol–water partition coefficient (Wildman–Crippen LogP) is 5.03. The fourth-order valence-corrected chi connectivity index (χ4v) is 4.12. The van der Waals surface area contributed by atoms with Gasteiger partial charge in [-0.2, -0.15) is 5.10 Å². The molecule has 1 aliphatic heterocycles. The van der Waals surface area contributed by atoms with Gasteiger partial charge in [0.1, 0.15) is 17.6 Å². The summed E-state index contributed by atoms with van der Waals surface area (Å²) < 4.78 is 5.56. The summed E-state index contributed by atoms with van der Waals surface area (Å²) in [6.45, 7) is 3.97. The first-order valence-corrected chi connectivity index (χ1v) is 11.5. The third-order valence-electron chi connectivity index (χ3n) is 6.28. The zero-order chi connectivity index (χ0) is 26.1. The van der Waals surface area contributed by atoms with Crippen molar-refractivity contribution in [2.75, 3.05) is 10.4 Å². The molecule has 4 N–H and O–H groups in total. The molecule has 0 aliphatic carbocycles. The predicted molar refractivity (Wildman–Crippen MR) is 140 cm³/mol. The van der Waals surface area contributed by atoms with Crippen LogP contribution in [0.1, 0.15) is 33.3 Å². The third kappa shape index (κ3) is 4.55. The minimum absolute atomic E-state index is 0.103. The number of phenolic OH excluding ortho intramolecular Hbond substituents is 1. The van der Waals surface area contributed by atoms with Crippen LogP contribution in [0.5, 0.6) is 5.75 Å². The number of phenols is 1. The minimum atomic E-state index is -1.06. The lowest BCUT2D eigenvalue weighted by Gasteiger charge is -2.17. The molecular weight excluding hydrogens is 472 g/mol. The average Bonchev–Trinajstić information content (AvgIpc) is 3.53. The number of carboxylic acid groups (broad SMARTS) is 1. The van der Waals surface area contributed by atoms with Crippen LogP contribution < -0.4 is 15.9 Å². The molecule has 0 spiro atoms. The van der Waals surface area contributed by atoms with E-state index in [1.54, 1.807) is 42.5 Å². The van der Waals surface area contributed by atoms with E-state index in [0.29, 0.717) is 22.6 Å². The molecule has 37 heavy (non-hydrogen) atoms. The molecule has 0 radical (unpaired) electrons. The number of furan rings is 1. The first-order valence-electron chi connectivity index (χ1n) is 11.5. The van der Waals surface area contributed by atoms with Crippen LogP contribution in [0.15, 0.2) is 88.6 Å². The van der Waals surface area contributed by atoms with Gasteiger partial charge in [0.25, 0.3) is 5.91 Å². The maximum Gasteiger partial charge on any atom is 0.335 e. The summed E-state index contributed by atoms with van der Waals surface area (Å²) >= 11 is 0. The van der Waals surface area contributed by atoms with Crippen LogP contribution >= 0.6 is 0 Å². The maximum atomic E-state index is 13.4. The molecule has 1 fully saturated rings. The molecule has 1 saturated heterocycles. The number of aromatic carboxylic acids is 1.